The molecule has 0 unspecified atom stereocenters. The number of aromatic nitrogens is 2. The number of hydrogen-bond acceptors (Lipinski definition) is 3. The number of primary amides is 1. The average Bonchev–Trinajstić information content (AvgIpc) is 3.58. The van der Waals surface area contributed by atoms with Crippen LogP contribution in [0.2, 0.25) is 0 Å². The number of H-pyrrole nitrogens is 1. The maximum atomic E-state index is 12.3. The van der Waals surface area contributed by atoms with Gasteiger partial charge in [0.1, 0.15) is 0 Å². The molecule has 6 heteroatoms. The number of anilines is 1. The molecule has 1 fully saturated rings. The van der Waals surface area contributed by atoms with Gasteiger partial charge < -0.3 is 15.6 Å². The zero-order valence-corrected chi connectivity index (χ0v) is 20.4. The third kappa shape index (κ3) is 4.48. The van der Waals surface area contributed by atoms with Crippen molar-refractivity contribution in [2.24, 2.45) is 11.7 Å². The number of aryl methyl sites for hydroxylation is 1. The fourth-order valence-corrected chi connectivity index (χ4v) is 5.53. The maximum absolute atomic E-state index is 12.3. The summed E-state index contributed by atoms with van der Waals surface area (Å²) < 4.78 is 1.75. The highest BCUT2D eigenvalue weighted by atomic mass is 16.2. The van der Waals surface area contributed by atoms with Crippen LogP contribution in [0.25, 0.3) is 22.2 Å². The number of rotatable bonds is 7. The van der Waals surface area contributed by atoms with E-state index in [1.54, 1.807) is 11.5 Å². The number of nitrogens with two attached hydrogens (primary N) is 1. The van der Waals surface area contributed by atoms with E-state index < -0.39 is 5.91 Å². The Morgan fingerprint density at radius 1 is 1.09 bits per heavy atom. The Kier molecular flexibility index (Phi) is 6.20. The van der Waals surface area contributed by atoms with Crippen LogP contribution in [-0.2, 0) is 6.54 Å². The van der Waals surface area contributed by atoms with Crippen LogP contribution in [0.3, 0.4) is 0 Å². The number of nitrogens with zero attached hydrogens (tertiary/aromatic N) is 2. The zero-order valence-electron chi connectivity index (χ0n) is 20.4. The fourth-order valence-electron chi connectivity index (χ4n) is 5.53. The fraction of sp³-hybridized carbons (Fsp3) is 0.310. The summed E-state index contributed by atoms with van der Waals surface area (Å²) in [5.41, 5.74) is 12.0. The van der Waals surface area contributed by atoms with Gasteiger partial charge in [-0.15, -0.1) is 0 Å². The molecule has 1 saturated carbocycles. The van der Waals surface area contributed by atoms with Gasteiger partial charge >= 0.3 is 0 Å². The number of fused-ring (bicyclic) bond motifs is 1. The molecule has 4 aromatic rings. The Morgan fingerprint density at radius 2 is 1.80 bits per heavy atom. The molecule has 1 aliphatic carbocycles. The summed E-state index contributed by atoms with van der Waals surface area (Å²) in [6.07, 6.45) is 7.02. The first-order valence-corrected chi connectivity index (χ1v) is 12.4. The number of aromatic amines is 1. The van der Waals surface area contributed by atoms with Crippen molar-refractivity contribution in [1.29, 1.82) is 0 Å². The average molecular weight is 469 g/mol. The molecular weight excluding hydrogens is 436 g/mol. The first-order chi connectivity index (χ1) is 16.9. The SMILES string of the molecule is CC(=O)n1cc(CN(CC2CCCC2)c2ccccc2-c2cc(C(N)=O)c(C)[nH]2)c2ccccc21. The summed E-state index contributed by atoms with van der Waals surface area (Å²) in [7, 11) is 0. The lowest BCUT2D eigenvalue weighted by molar-refractivity contribution is 0.0940. The van der Waals surface area contributed by atoms with Crippen molar-refractivity contribution in [1.82, 2.24) is 9.55 Å². The molecule has 0 atom stereocenters. The lowest BCUT2D eigenvalue weighted by Gasteiger charge is -2.29. The van der Waals surface area contributed by atoms with Crippen molar-refractivity contribution in [3.05, 3.63) is 77.6 Å². The zero-order chi connectivity index (χ0) is 24.5. The van der Waals surface area contributed by atoms with E-state index in [9.17, 15) is 9.59 Å². The number of benzene rings is 2. The Balaban J connectivity index is 1.59. The molecule has 5 rings (SSSR count). The van der Waals surface area contributed by atoms with Gasteiger partial charge in [-0.3, -0.25) is 14.2 Å². The number of carbonyl (C=O) groups excluding carboxylic acids is 2. The van der Waals surface area contributed by atoms with Crippen LogP contribution in [0.4, 0.5) is 5.69 Å². The first kappa shape index (κ1) is 23.0. The molecule has 0 radical (unpaired) electrons. The number of para-hydroxylation sites is 2. The highest BCUT2D eigenvalue weighted by molar-refractivity contribution is 5.96. The van der Waals surface area contributed by atoms with Crippen LogP contribution in [0.5, 0.6) is 0 Å². The molecule has 35 heavy (non-hydrogen) atoms. The quantitative estimate of drug-likeness (QED) is 0.354. The van der Waals surface area contributed by atoms with Crippen molar-refractivity contribution < 1.29 is 9.59 Å². The lowest BCUT2D eigenvalue weighted by atomic mass is 10.0. The molecule has 0 saturated heterocycles. The molecule has 0 aliphatic heterocycles. The second-order valence-electron chi connectivity index (χ2n) is 9.69. The van der Waals surface area contributed by atoms with Crippen molar-refractivity contribution >= 4 is 28.4 Å². The van der Waals surface area contributed by atoms with Crippen molar-refractivity contribution in [3.63, 3.8) is 0 Å². The molecule has 1 aliphatic rings. The van der Waals surface area contributed by atoms with Crippen LogP contribution in [0.15, 0.2) is 60.8 Å². The van der Waals surface area contributed by atoms with Crippen molar-refractivity contribution in [3.8, 4) is 11.3 Å². The van der Waals surface area contributed by atoms with Crippen LogP contribution in [-0.4, -0.2) is 27.9 Å². The van der Waals surface area contributed by atoms with E-state index >= 15 is 0 Å². The van der Waals surface area contributed by atoms with Crippen LogP contribution in [0.1, 0.15) is 59.0 Å². The molecule has 0 bridgehead atoms. The van der Waals surface area contributed by atoms with Gasteiger partial charge in [0.2, 0.25) is 5.91 Å². The molecule has 180 valence electrons. The number of amides is 1. The third-order valence-corrected chi connectivity index (χ3v) is 7.26. The van der Waals surface area contributed by atoms with Crippen LogP contribution >= 0.6 is 0 Å². The van der Waals surface area contributed by atoms with Crippen molar-refractivity contribution in [2.45, 2.75) is 46.1 Å². The van der Waals surface area contributed by atoms with Crippen LogP contribution < -0.4 is 10.6 Å². The highest BCUT2D eigenvalue weighted by Gasteiger charge is 2.23. The minimum Gasteiger partial charge on any atom is -0.366 e. The molecule has 6 nitrogen and oxygen atoms in total. The number of carbonyl (C=O) groups is 2. The summed E-state index contributed by atoms with van der Waals surface area (Å²) in [5.74, 6) is 0.217. The highest BCUT2D eigenvalue weighted by Crippen LogP contribution is 2.36. The molecule has 3 N–H and O–H groups in total. The van der Waals surface area contributed by atoms with Gasteiger partial charge in [0.15, 0.2) is 0 Å². The Bertz CT molecular complexity index is 1390. The summed E-state index contributed by atoms with van der Waals surface area (Å²) in [6, 6.07) is 18.3. The summed E-state index contributed by atoms with van der Waals surface area (Å²) in [5, 5.41) is 1.10. The van der Waals surface area contributed by atoms with Gasteiger partial charge in [-0.2, -0.15) is 0 Å². The Labute approximate surface area is 205 Å². The summed E-state index contributed by atoms with van der Waals surface area (Å²) in [4.78, 5) is 30.1. The molecular formula is C29H32N4O2. The van der Waals surface area contributed by atoms with Gasteiger partial charge in [0.05, 0.1) is 11.1 Å². The van der Waals surface area contributed by atoms with Gasteiger partial charge in [0, 0.05) is 54.2 Å². The van der Waals surface area contributed by atoms with E-state index in [2.05, 4.69) is 34.1 Å². The molecule has 1 amide bonds. The van der Waals surface area contributed by atoms with Gasteiger partial charge in [-0.1, -0.05) is 49.2 Å². The Morgan fingerprint density at radius 3 is 2.51 bits per heavy atom. The second kappa shape index (κ2) is 9.45. The number of nitrogens with one attached hydrogen (secondary N) is 1. The van der Waals surface area contributed by atoms with E-state index in [4.69, 9.17) is 5.73 Å². The minimum atomic E-state index is -0.428. The normalized spacial score (nSPS) is 14.0. The van der Waals surface area contributed by atoms with Gasteiger partial charge in [-0.25, -0.2) is 0 Å². The predicted octanol–water partition coefficient (Wildman–Crippen LogP) is 5.90. The van der Waals surface area contributed by atoms with E-state index in [1.165, 1.54) is 25.7 Å². The molecule has 0 spiro atoms. The summed E-state index contributed by atoms with van der Waals surface area (Å²) >= 11 is 0. The smallest absolute Gasteiger partial charge is 0.250 e. The first-order valence-electron chi connectivity index (χ1n) is 12.4. The minimum absolute atomic E-state index is 0.0102. The standard InChI is InChI=1S/C29H32N4O2/c1-19-25(29(30)35)15-26(31-19)24-12-6-7-13-27(24)32(16-21-9-3-4-10-21)17-22-18-33(20(2)34)28-14-8-5-11-23(22)28/h5-8,11-15,18,21,31H,3-4,9-10,16-17H2,1-2H3,(H2,30,35). The molecule has 2 aromatic carbocycles. The topological polar surface area (TPSA) is 84.1 Å². The largest absolute Gasteiger partial charge is 0.366 e. The molecule has 2 aromatic heterocycles. The third-order valence-electron chi connectivity index (χ3n) is 7.26. The molecule has 2 heterocycles. The van der Waals surface area contributed by atoms with E-state index in [0.29, 0.717) is 18.0 Å². The van der Waals surface area contributed by atoms with E-state index in [1.807, 2.05) is 43.5 Å². The second-order valence-corrected chi connectivity index (χ2v) is 9.69. The monoisotopic (exact) mass is 468 g/mol. The van der Waals surface area contributed by atoms with Crippen LogP contribution in [0, 0.1) is 12.8 Å². The Hall–Kier alpha value is -3.80. The predicted molar refractivity (Wildman–Crippen MR) is 141 cm³/mol. The van der Waals surface area contributed by atoms with E-state index in [-0.39, 0.29) is 5.91 Å². The lowest BCUT2D eigenvalue weighted by Crippen LogP contribution is -2.28. The van der Waals surface area contributed by atoms with Gasteiger partial charge in [0.25, 0.3) is 5.91 Å². The van der Waals surface area contributed by atoms with E-state index in [0.717, 1.165) is 45.6 Å². The van der Waals surface area contributed by atoms with Gasteiger partial charge in [-0.05, 0) is 49.4 Å². The number of hydrogen-bond donors (Lipinski definition) is 2. The van der Waals surface area contributed by atoms with Crippen molar-refractivity contribution in [2.75, 3.05) is 11.4 Å². The summed E-state index contributed by atoms with van der Waals surface area (Å²) in [6.45, 7) is 5.11. The maximum Gasteiger partial charge on any atom is 0.250 e.